The van der Waals surface area contributed by atoms with Crippen LogP contribution in [0.4, 0.5) is 4.39 Å². The Bertz CT molecular complexity index is 283. The van der Waals surface area contributed by atoms with Crippen molar-refractivity contribution in [3.8, 4) is 0 Å². The second-order valence-corrected chi connectivity index (χ2v) is 4.20. The summed E-state index contributed by atoms with van der Waals surface area (Å²) >= 11 is 3.36. The van der Waals surface area contributed by atoms with Gasteiger partial charge in [-0.25, -0.2) is 4.39 Å². The van der Waals surface area contributed by atoms with Gasteiger partial charge >= 0.3 is 0 Å². The van der Waals surface area contributed by atoms with E-state index in [0.717, 1.165) is 22.9 Å². The largest absolute Gasteiger partial charge is 0.207 e. The Labute approximate surface area is 87.3 Å². The summed E-state index contributed by atoms with van der Waals surface area (Å²) in [7, 11) is 0. The number of hydrogen-bond donors (Lipinski definition) is 0. The Hall–Kier alpha value is -0.370. The summed E-state index contributed by atoms with van der Waals surface area (Å²) in [4.78, 5) is 0. The smallest absolute Gasteiger partial charge is 0.126 e. The average Bonchev–Trinajstić information content (AvgIpc) is 2.04. The van der Waals surface area contributed by atoms with Crippen LogP contribution in [-0.2, 0) is 0 Å². The summed E-state index contributed by atoms with van der Waals surface area (Å²) in [5, 5.41) is 0.918. The van der Waals surface area contributed by atoms with Gasteiger partial charge in [-0.2, -0.15) is 0 Å². The van der Waals surface area contributed by atoms with Crippen molar-refractivity contribution in [1.29, 1.82) is 0 Å². The fourth-order valence-corrected chi connectivity index (χ4v) is 2.04. The van der Waals surface area contributed by atoms with Crippen molar-refractivity contribution < 1.29 is 4.39 Å². The highest BCUT2D eigenvalue weighted by Gasteiger charge is 2.09. The van der Waals surface area contributed by atoms with Crippen LogP contribution in [0.5, 0.6) is 0 Å². The van der Waals surface area contributed by atoms with E-state index in [9.17, 15) is 4.39 Å². The number of benzene rings is 1. The van der Waals surface area contributed by atoms with Gasteiger partial charge in [0, 0.05) is 5.33 Å². The Morgan fingerprint density at radius 2 is 2.15 bits per heavy atom. The van der Waals surface area contributed by atoms with Crippen LogP contribution in [0.25, 0.3) is 0 Å². The summed E-state index contributed by atoms with van der Waals surface area (Å²) in [5.74, 6) is 0.216. The number of aryl methyl sites for hydroxylation is 1. The molecule has 0 N–H and O–H groups in total. The van der Waals surface area contributed by atoms with Crippen LogP contribution < -0.4 is 0 Å². The maximum absolute atomic E-state index is 13.4. The summed E-state index contributed by atoms with van der Waals surface area (Å²) < 4.78 is 13.4. The van der Waals surface area contributed by atoms with E-state index >= 15 is 0 Å². The van der Waals surface area contributed by atoms with Crippen molar-refractivity contribution in [3.05, 3.63) is 35.1 Å². The van der Waals surface area contributed by atoms with Gasteiger partial charge in [-0.05, 0) is 36.5 Å². The Morgan fingerprint density at radius 1 is 1.46 bits per heavy atom. The van der Waals surface area contributed by atoms with Crippen LogP contribution in [0.15, 0.2) is 18.2 Å². The van der Waals surface area contributed by atoms with Gasteiger partial charge in [0.2, 0.25) is 0 Å². The summed E-state index contributed by atoms with van der Waals surface area (Å²) in [5.41, 5.74) is 1.80. The highest BCUT2D eigenvalue weighted by Crippen LogP contribution is 2.23. The van der Waals surface area contributed by atoms with Gasteiger partial charge in [0.25, 0.3) is 0 Å². The number of rotatable bonds is 3. The van der Waals surface area contributed by atoms with E-state index in [1.165, 1.54) is 0 Å². The molecule has 1 aromatic rings. The molecule has 1 rings (SSSR count). The van der Waals surface area contributed by atoms with Crippen molar-refractivity contribution >= 4 is 15.9 Å². The van der Waals surface area contributed by atoms with Gasteiger partial charge in [-0.1, -0.05) is 35.0 Å². The van der Waals surface area contributed by atoms with Gasteiger partial charge in [0.15, 0.2) is 0 Å². The van der Waals surface area contributed by atoms with Crippen molar-refractivity contribution in [2.24, 2.45) is 0 Å². The zero-order chi connectivity index (χ0) is 9.84. The predicted octanol–water partition coefficient (Wildman–Crippen LogP) is 4.02. The molecular formula is C11H14BrF. The molecule has 1 aromatic carbocycles. The van der Waals surface area contributed by atoms with Gasteiger partial charge in [-0.15, -0.1) is 0 Å². The molecule has 0 aliphatic heterocycles. The van der Waals surface area contributed by atoms with E-state index in [-0.39, 0.29) is 5.82 Å². The molecule has 0 aromatic heterocycles. The summed E-state index contributed by atoms with van der Waals surface area (Å²) in [6.45, 7) is 3.96. The second-order valence-electron chi connectivity index (χ2n) is 3.40. The molecule has 1 atom stereocenters. The molecule has 0 saturated carbocycles. The standard InChI is InChI=1S/C11H14BrF/c1-8-3-4-10(11(13)7-8)9(2)5-6-12/h3-4,7,9H,5-6H2,1-2H3. The fourth-order valence-electron chi connectivity index (χ4n) is 1.35. The van der Waals surface area contributed by atoms with Crippen LogP contribution in [0.3, 0.4) is 0 Å². The van der Waals surface area contributed by atoms with Crippen LogP contribution in [-0.4, -0.2) is 5.33 Å². The molecule has 0 aliphatic carbocycles. The molecule has 1 unspecified atom stereocenters. The van der Waals surface area contributed by atoms with Crippen LogP contribution in [0, 0.1) is 12.7 Å². The summed E-state index contributed by atoms with van der Waals surface area (Å²) in [6, 6.07) is 5.45. The first kappa shape index (κ1) is 10.7. The molecule has 0 spiro atoms. The molecule has 0 nitrogen and oxygen atoms in total. The van der Waals surface area contributed by atoms with Crippen LogP contribution in [0.2, 0.25) is 0 Å². The van der Waals surface area contributed by atoms with Crippen molar-refractivity contribution in [2.45, 2.75) is 26.2 Å². The van der Waals surface area contributed by atoms with Gasteiger partial charge < -0.3 is 0 Å². The molecular weight excluding hydrogens is 231 g/mol. The van der Waals surface area contributed by atoms with Crippen LogP contribution >= 0.6 is 15.9 Å². The fraction of sp³-hybridized carbons (Fsp3) is 0.455. The van der Waals surface area contributed by atoms with E-state index in [1.807, 2.05) is 19.1 Å². The third-order valence-corrected chi connectivity index (χ3v) is 2.69. The molecule has 0 fully saturated rings. The second kappa shape index (κ2) is 4.75. The lowest BCUT2D eigenvalue weighted by Crippen LogP contribution is -1.98. The van der Waals surface area contributed by atoms with Gasteiger partial charge in [0.05, 0.1) is 0 Å². The highest BCUT2D eigenvalue weighted by molar-refractivity contribution is 9.09. The molecule has 0 amide bonds. The third kappa shape index (κ3) is 2.80. The molecule has 13 heavy (non-hydrogen) atoms. The average molecular weight is 245 g/mol. The van der Waals surface area contributed by atoms with E-state index in [1.54, 1.807) is 6.07 Å². The Kier molecular flexibility index (Phi) is 3.91. The molecule has 0 saturated heterocycles. The number of hydrogen-bond acceptors (Lipinski definition) is 0. The topological polar surface area (TPSA) is 0 Å². The first-order valence-electron chi connectivity index (χ1n) is 4.47. The lowest BCUT2D eigenvalue weighted by molar-refractivity contribution is 0.584. The third-order valence-electron chi connectivity index (χ3n) is 2.23. The van der Waals surface area contributed by atoms with E-state index in [0.29, 0.717) is 5.92 Å². The van der Waals surface area contributed by atoms with Crippen molar-refractivity contribution in [1.82, 2.24) is 0 Å². The first-order valence-corrected chi connectivity index (χ1v) is 5.59. The minimum absolute atomic E-state index is 0.0755. The van der Waals surface area contributed by atoms with E-state index in [4.69, 9.17) is 0 Å². The molecule has 72 valence electrons. The SMILES string of the molecule is Cc1ccc(C(C)CCBr)c(F)c1. The minimum atomic E-state index is -0.0755. The zero-order valence-electron chi connectivity index (χ0n) is 7.98. The molecule has 0 aliphatic rings. The molecule has 2 heteroatoms. The molecule has 0 heterocycles. The molecule has 0 radical (unpaired) electrons. The predicted molar refractivity (Wildman–Crippen MR) is 58.0 cm³/mol. The van der Waals surface area contributed by atoms with Crippen LogP contribution in [0.1, 0.15) is 30.4 Å². The monoisotopic (exact) mass is 244 g/mol. The maximum Gasteiger partial charge on any atom is 0.126 e. The minimum Gasteiger partial charge on any atom is -0.207 e. The van der Waals surface area contributed by atoms with E-state index < -0.39 is 0 Å². The number of halogens is 2. The highest BCUT2D eigenvalue weighted by atomic mass is 79.9. The first-order chi connectivity index (χ1) is 6.15. The Morgan fingerprint density at radius 3 is 2.69 bits per heavy atom. The van der Waals surface area contributed by atoms with Gasteiger partial charge in [-0.3, -0.25) is 0 Å². The quantitative estimate of drug-likeness (QED) is 0.705. The van der Waals surface area contributed by atoms with Crippen molar-refractivity contribution in [2.75, 3.05) is 5.33 Å². The Balaban J connectivity index is 2.88. The normalized spacial score (nSPS) is 12.9. The maximum atomic E-state index is 13.4. The number of alkyl halides is 1. The lowest BCUT2D eigenvalue weighted by atomic mass is 9.97. The van der Waals surface area contributed by atoms with E-state index in [2.05, 4.69) is 22.9 Å². The lowest BCUT2D eigenvalue weighted by Gasteiger charge is -2.11. The van der Waals surface area contributed by atoms with Crippen molar-refractivity contribution in [3.63, 3.8) is 0 Å². The molecule has 0 bridgehead atoms. The van der Waals surface area contributed by atoms with Gasteiger partial charge in [0.1, 0.15) is 5.82 Å². The summed E-state index contributed by atoms with van der Waals surface area (Å²) in [6.07, 6.45) is 0.972. The zero-order valence-corrected chi connectivity index (χ0v) is 9.57.